The van der Waals surface area contributed by atoms with Crippen LogP contribution in [0.15, 0.2) is 32.5 Å². The molecule has 0 aliphatic heterocycles. The van der Waals surface area contributed by atoms with Gasteiger partial charge in [-0.05, 0) is 28.1 Å². The molecular weight excluding hydrogens is 334 g/mol. The van der Waals surface area contributed by atoms with E-state index in [9.17, 15) is 9.59 Å². The molecule has 0 amide bonds. The van der Waals surface area contributed by atoms with Gasteiger partial charge in [-0.25, -0.2) is 14.3 Å². The summed E-state index contributed by atoms with van der Waals surface area (Å²) in [6, 6.07) is 3.29. The lowest BCUT2D eigenvalue weighted by Gasteiger charge is -2.06. The highest BCUT2D eigenvalue weighted by Gasteiger charge is 2.15. The Morgan fingerprint density at radius 2 is 2.05 bits per heavy atom. The van der Waals surface area contributed by atoms with Crippen molar-refractivity contribution in [2.45, 2.75) is 0 Å². The maximum absolute atomic E-state index is 12.3. The van der Waals surface area contributed by atoms with Crippen molar-refractivity contribution >= 4 is 38.8 Å². The van der Waals surface area contributed by atoms with Gasteiger partial charge in [0.15, 0.2) is 11.2 Å². The fraction of sp³-hybridized carbons (Fsp3) is 0.100. The van der Waals surface area contributed by atoms with E-state index in [1.54, 1.807) is 19.2 Å². The van der Waals surface area contributed by atoms with Gasteiger partial charge in [0.2, 0.25) is 0 Å². The fourth-order valence-corrected chi connectivity index (χ4v) is 2.50. The first-order chi connectivity index (χ1) is 9.09. The maximum atomic E-state index is 12.3. The molecule has 0 saturated carbocycles. The van der Waals surface area contributed by atoms with Crippen molar-refractivity contribution in [3.63, 3.8) is 0 Å². The molecule has 19 heavy (non-hydrogen) atoms. The topological polar surface area (TPSA) is 82.7 Å². The first-order valence-corrected chi connectivity index (χ1v) is 6.68. The van der Waals surface area contributed by atoms with Crippen LogP contribution >= 0.6 is 27.7 Å². The third-order valence-electron chi connectivity index (χ3n) is 2.64. The Balaban J connectivity index is 2.44. The summed E-state index contributed by atoms with van der Waals surface area (Å²) < 4.78 is 10.8. The third kappa shape index (κ3) is 1.81. The van der Waals surface area contributed by atoms with Crippen LogP contribution in [-0.2, 0) is 7.05 Å². The lowest BCUT2D eigenvalue weighted by molar-refractivity contribution is 0.765. The van der Waals surface area contributed by atoms with Gasteiger partial charge in [-0.15, -0.1) is 0 Å². The molecule has 3 heterocycles. The van der Waals surface area contributed by atoms with E-state index in [2.05, 4.69) is 29.7 Å². The number of halogens is 1. The summed E-state index contributed by atoms with van der Waals surface area (Å²) in [7, 11) is 1.55. The molecule has 0 fully saturated rings. The van der Waals surface area contributed by atoms with Gasteiger partial charge in [-0.1, -0.05) is 0 Å². The monoisotopic (exact) mass is 339 g/mol. The van der Waals surface area contributed by atoms with E-state index in [0.717, 1.165) is 16.3 Å². The summed E-state index contributed by atoms with van der Waals surface area (Å²) in [5.41, 5.74) is -0.106. The van der Waals surface area contributed by atoms with E-state index >= 15 is 0 Å². The molecular formula is C10H6BrN5O2S. The molecule has 0 unspecified atom stereocenters. The Hall–Kier alpha value is -1.87. The molecule has 0 aliphatic rings. The number of hydrogen-bond donors (Lipinski definition) is 0. The third-order valence-corrected chi connectivity index (χ3v) is 3.63. The lowest BCUT2D eigenvalue weighted by Crippen LogP contribution is -2.38. The van der Waals surface area contributed by atoms with Crippen LogP contribution in [0.1, 0.15) is 0 Å². The maximum Gasteiger partial charge on any atom is 0.337 e. The smallest absolute Gasteiger partial charge is 0.278 e. The van der Waals surface area contributed by atoms with Crippen LogP contribution in [0.4, 0.5) is 0 Å². The van der Waals surface area contributed by atoms with Gasteiger partial charge in [0.1, 0.15) is 4.60 Å². The zero-order valence-electron chi connectivity index (χ0n) is 9.57. The van der Waals surface area contributed by atoms with Crippen molar-refractivity contribution in [1.82, 2.24) is 22.9 Å². The standard InChI is InChI=1S/C10H6BrN5O2S/c1-15-8-7(13-19-14-8)9(17)16(10(15)18)5-2-3-6(11)12-4-5/h2-4H,1H3. The molecule has 0 spiro atoms. The number of aryl methyl sites for hydroxylation is 1. The van der Waals surface area contributed by atoms with Crippen molar-refractivity contribution in [1.29, 1.82) is 0 Å². The van der Waals surface area contributed by atoms with Crippen molar-refractivity contribution < 1.29 is 0 Å². The Morgan fingerprint density at radius 1 is 1.26 bits per heavy atom. The Morgan fingerprint density at radius 3 is 2.74 bits per heavy atom. The Bertz CT molecular complexity index is 880. The van der Waals surface area contributed by atoms with Crippen LogP contribution < -0.4 is 11.2 Å². The largest absolute Gasteiger partial charge is 0.337 e. The quantitative estimate of drug-likeness (QED) is 0.609. The molecule has 0 N–H and O–H groups in total. The second-order valence-electron chi connectivity index (χ2n) is 3.76. The van der Waals surface area contributed by atoms with E-state index < -0.39 is 11.2 Å². The summed E-state index contributed by atoms with van der Waals surface area (Å²) in [6.45, 7) is 0. The normalized spacial score (nSPS) is 11.1. The highest BCUT2D eigenvalue weighted by atomic mass is 79.9. The van der Waals surface area contributed by atoms with Gasteiger partial charge in [-0.2, -0.15) is 8.75 Å². The minimum absolute atomic E-state index is 0.176. The highest BCUT2D eigenvalue weighted by Crippen LogP contribution is 2.09. The van der Waals surface area contributed by atoms with Gasteiger partial charge in [0, 0.05) is 7.05 Å². The number of aromatic nitrogens is 5. The van der Waals surface area contributed by atoms with Crippen LogP contribution in [0.2, 0.25) is 0 Å². The predicted molar refractivity (Wildman–Crippen MR) is 73.7 cm³/mol. The van der Waals surface area contributed by atoms with Gasteiger partial charge in [-0.3, -0.25) is 9.36 Å². The van der Waals surface area contributed by atoms with E-state index in [0.29, 0.717) is 15.9 Å². The molecule has 9 heteroatoms. The average molecular weight is 340 g/mol. The Kier molecular flexibility index (Phi) is 2.79. The molecule has 0 aromatic carbocycles. The molecule has 3 aromatic rings. The molecule has 3 rings (SSSR count). The Labute approximate surface area is 118 Å². The van der Waals surface area contributed by atoms with E-state index in [1.165, 1.54) is 10.8 Å². The molecule has 7 nitrogen and oxygen atoms in total. The van der Waals surface area contributed by atoms with Crippen LogP contribution in [0.3, 0.4) is 0 Å². The number of nitrogens with zero attached hydrogens (tertiary/aromatic N) is 5. The number of hydrogen-bond acceptors (Lipinski definition) is 6. The van der Waals surface area contributed by atoms with Crippen LogP contribution in [0.5, 0.6) is 0 Å². The molecule has 3 aromatic heterocycles. The van der Waals surface area contributed by atoms with E-state index in [4.69, 9.17) is 0 Å². The predicted octanol–water partition coefficient (Wildman–Crippen LogP) is 0.698. The van der Waals surface area contributed by atoms with E-state index in [-0.39, 0.29) is 5.52 Å². The van der Waals surface area contributed by atoms with Gasteiger partial charge in [0.05, 0.1) is 23.6 Å². The van der Waals surface area contributed by atoms with Gasteiger partial charge >= 0.3 is 5.69 Å². The fourth-order valence-electron chi connectivity index (χ4n) is 1.70. The summed E-state index contributed by atoms with van der Waals surface area (Å²) in [4.78, 5) is 28.5. The first kappa shape index (κ1) is 12.2. The number of pyridine rings is 1. The molecule has 0 atom stereocenters. The van der Waals surface area contributed by atoms with Crippen molar-refractivity contribution in [3.05, 3.63) is 43.8 Å². The van der Waals surface area contributed by atoms with Crippen molar-refractivity contribution in [2.75, 3.05) is 0 Å². The molecule has 0 saturated heterocycles. The summed E-state index contributed by atoms with van der Waals surface area (Å²) in [6.07, 6.45) is 1.44. The SMILES string of the molecule is Cn1c(=O)n(-c2ccc(Br)nc2)c(=O)c2nsnc21. The van der Waals surface area contributed by atoms with Crippen molar-refractivity contribution in [2.24, 2.45) is 7.05 Å². The summed E-state index contributed by atoms with van der Waals surface area (Å²) >= 11 is 4.10. The molecule has 0 aliphatic carbocycles. The zero-order valence-corrected chi connectivity index (χ0v) is 12.0. The van der Waals surface area contributed by atoms with Crippen LogP contribution in [0, 0.1) is 0 Å². The minimum Gasteiger partial charge on any atom is -0.278 e. The van der Waals surface area contributed by atoms with Crippen LogP contribution in [0.25, 0.3) is 16.9 Å². The van der Waals surface area contributed by atoms with Gasteiger partial charge in [0.25, 0.3) is 5.56 Å². The summed E-state index contributed by atoms with van der Waals surface area (Å²) in [5, 5.41) is 0. The number of fused-ring (bicyclic) bond motifs is 1. The highest BCUT2D eigenvalue weighted by molar-refractivity contribution is 9.10. The number of rotatable bonds is 1. The molecule has 0 radical (unpaired) electrons. The van der Waals surface area contributed by atoms with Crippen molar-refractivity contribution in [3.8, 4) is 5.69 Å². The van der Waals surface area contributed by atoms with Gasteiger partial charge < -0.3 is 0 Å². The second kappa shape index (κ2) is 4.35. The van der Waals surface area contributed by atoms with E-state index in [1.807, 2.05) is 0 Å². The first-order valence-electron chi connectivity index (χ1n) is 5.16. The zero-order chi connectivity index (χ0) is 13.6. The summed E-state index contributed by atoms with van der Waals surface area (Å²) in [5.74, 6) is 0. The minimum atomic E-state index is -0.490. The average Bonchev–Trinajstić information content (AvgIpc) is 2.88. The lowest BCUT2D eigenvalue weighted by atomic mass is 10.4. The molecule has 96 valence electrons. The second-order valence-corrected chi connectivity index (χ2v) is 5.10. The molecule has 0 bridgehead atoms. The van der Waals surface area contributed by atoms with Crippen LogP contribution in [-0.4, -0.2) is 22.9 Å².